The average Bonchev–Trinajstić information content (AvgIpc) is 2.48. The van der Waals surface area contributed by atoms with Gasteiger partial charge in [0.15, 0.2) is 0 Å². The number of allylic oxidation sites excluding steroid dienone is 2. The molecule has 114 valence electrons. The third kappa shape index (κ3) is 7.05. The summed E-state index contributed by atoms with van der Waals surface area (Å²) in [5.74, 6) is 1.41. The number of benzene rings is 1. The van der Waals surface area contributed by atoms with Crippen LogP contribution < -0.4 is 0 Å². The molecular weight excluding hydrogens is 294 g/mol. The van der Waals surface area contributed by atoms with Crippen LogP contribution in [0.2, 0.25) is 0 Å². The lowest BCUT2D eigenvalue weighted by molar-refractivity contribution is 0.737. The highest BCUT2D eigenvalue weighted by molar-refractivity contribution is 8.11. The van der Waals surface area contributed by atoms with E-state index in [1.807, 2.05) is 0 Å². The van der Waals surface area contributed by atoms with Gasteiger partial charge in [0.1, 0.15) is 0 Å². The van der Waals surface area contributed by atoms with Crippen LogP contribution in [0.1, 0.15) is 45.2 Å². The molecule has 1 aliphatic rings. The Balaban J connectivity index is 0.000000491. The van der Waals surface area contributed by atoms with Gasteiger partial charge >= 0.3 is 0 Å². The van der Waals surface area contributed by atoms with Gasteiger partial charge in [0.05, 0.1) is 0 Å². The van der Waals surface area contributed by atoms with Gasteiger partial charge < -0.3 is 0 Å². The zero-order valence-corrected chi connectivity index (χ0v) is 15.0. The molecule has 0 saturated heterocycles. The maximum Gasteiger partial charge on any atom is 0.0420 e. The maximum atomic E-state index is 3.83. The normalized spacial score (nSPS) is 17.6. The molecule has 0 aromatic heterocycles. The van der Waals surface area contributed by atoms with E-state index in [1.165, 1.54) is 10.5 Å². The van der Waals surface area contributed by atoms with Gasteiger partial charge in [0.2, 0.25) is 0 Å². The van der Waals surface area contributed by atoms with Gasteiger partial charge in [-0.15, -0.1) is 0 Å². The molecule has 1 aromatic carbocycles. The summed E-state index contributed by atoms with van der Waals surface area (Å²) in [5.41, 5.74) is 2.35. The predicted octanol–water partition coefficient (Wildman–Crippen LogP) is 6.24. The molecule has 0 bridgehead atoms. The summed E-state index contributed by atoms with van der Waals surface area (Å²) in [7, 11) is 0. The molecule has 1 unspecified atom stereocenters. The van der Waals surface area contributed by atoms with Gasteiger partial charge in [-0.3, -0.25) is 0 Å². The number of rotatable bonds is 3. The first kappa shape index (κ1) is 18.1. The fourth-order valence-corrected chi connectivity index (χ4v) is 2.81. The lowest BCUT2D eigenvalue weighted by Gasteiger charge is -2.14. The van der Waals surface area contributed by atoms with Crippen LogP contribution in [0.5, 0.6) is 0 Å². The van der Waals surface area contributed by atoms with E-state index in [0.29, 0.717) is 5.92 Å². The fourth-order valence-electron chi connectivity index (χ4n) is 1.72. The molecule has 2 rings (SSSR count). The van der Waals surface area contributed by atoms with Gasteiger partial charge in [-0.25, -0.2) is 4.40 Å². The van der Waals surface area contributed by atoms with E-state index in [4.69, 9.17) is 0 Å². The molecule has 1 aliphatic heterocycles. The van der Waals surface area contributed by atoms with Crippen molar-refractivity contribution in [2.75, 3.05) is 0 Å². The third-order valence-electron chi connectivity index (χ3n) is 2.76. The summed E-state index contributed by atoms with van der Waals surface area (Å²) in [6.07, 6.45) is 7.50. The molecule has 3 heteroatoms. The second-order valence-corrected chi connectivity index (χ2v) is 6.83. The smallest absolute Gasteiger partial charge is 0.0420 e. The molecule has 0 aliphatic carbocycles. The molecule has 1 nitrogen and oxygen atoms in total. The predicted molar refractivity (Wildman–Crippen MR) is 102 cm³/mol. The zero-order valence-electron chi connectivity index (χ0n) is 13.3. The topological polar surface area (TPSA) is 12.4 Å². The lowest BCUT2D eigenvalue weighted by Crippen LogP contribution is -1.94. The molecule has 1 aromatic rings. The minimum absolute atomic E-state index is 0.574. The first-order valence-corrected chi connectivity index (χ1v) is 8.67. The van der Waals surface area contributed by atoms with Crippen LogP contribution in [-0.4, -0.2) is 6.21 Å². The highest BCUT2D eigenvalue weighted by Gasteiger charge is 2.08. The Labute approximate surface area is 139 Å². The second kappa shape index (κ2) is 9.91. The van der Waals surface area contributed by atoms with E-state index < -0.39 is 0 Å². The van der Waals surface area contributed by atoms with Crippen molar-refractivity contribution in [2.24, 2.45) is 16.2 Å². The van der Waals surface area contributed by atoms with Crippen molar-refractivity contribution >= 4 is 35.7 Å². The Bertz CT molecular complexity index is 496. The van der Waals surface area contributed by atoms with Gasteiger partial charge in [-0.05, 0) is 47.6 Å². The van der Waals surface area contributed by atoms with E-state index in [0.717, 1.165) is 17.9 Å². The average molecular weight is 320 g/mol. The van der Waals surface area contributed by atoms with Crippen LogP contribution in [0.3, 0.4) is 0 Å². The minimum atomic E-state index is 0.574. The Morgan fingerprint density at radius 2 is 1.86 bits per heavy atom. The van der Waals surface area contributed by atoms with Crippen LogP contribution in [-0.2, 0) is 0 Å². The van der Waals surface area contributed by atoms with Crippen LogP contribution in [0, 0.1) is 11.8 Å². The number of nitrogens with zero attached hydrogens (tertiary/aromatic N) is 1. The van der Waals surface area contributed by atoms with E-state index in [1.54, 1.807) is 18.0 Å². The summed E-state index contributed by atoms with van der Waals surface area (Å²) in [6.45, 7) is 8.71. The maximum absolute atomic E-state index is 3.83. The Hall–Kier alpha value is -0.930. The Morgan fingerprint density at radius 3 is 2.38 bits per heavy atom. The van der Waals surface area contributed by atoms with E-state index in [2.05, 4.69) is 86.7 Å². The first-order chi connectivity index (χ1) is 10.1. The molecule has 0 fully saturated rings. The highest BCUT2D eigenvalue weighted by Crippen LogP contribution is 2.34. The molecule has 0 spiro atoms. The van der Waals surface area contributed by atoms with Crippen molar-refractivity contribution in [3.63, 3.8) is 0 Å². The molecule has 1 atom stereocenters. The van der Waals surface area contributed by atoms with Crippen LogP contribution in [0.4, 0.5) is 0 Å². The molecule has 0 N–H and O–H groups in total. The molecule has 0 amide bonds. The number of thiol groups is 1. The van der Waals surface area contributed by atoms with Crippen molar-refractivity contribution in [2.45, 2.75) is 34.1 Å². The molecular formula is C18H25NS2. The quantitative estimate of drug-likeness (QED) is 0.513. The summed E-state index contributed by atoms with van der Waals surface area (Å²) in [4.78, 5) is 1.34. The van der Waals surface area contributed by atoms with Crippen molar-refractivity contribution in [1.82, 2.24) is 0 Å². The highest BCUT2D eigenvalue weighted by atomic mass is 32.2. The molecule has 1 heterocycles. The summed E-state index contributed by atoms with van der Waals surface area (Å²) < 4.78 is 3.71. The van der Waals surface area contributed by atoms with Gasteiger partial charge in [-0.1, -0.05) is 75.9 Å². The van der Waals surface area contributed by atoms with Crippen LogP contribution in [0.15, 0.2) is 46.2 Å². The lowest BCUT2D eigenvalue weighted by atomic mass is 10.0. The monoisotopic (exact) mass is 319 g/mol. The first-order valence-electron chi connectivity index (χ1n) is 7.39. The molecule has 0 radical (unpaired) electrons. The van der Waals surface area contributed by atoms with E-state index in [-0.39, 0.29) is 0 Å². The number of hydrogen-bond donors (Lipinski definition) is 1. The van der Waals surface area contributed by atoms with Crippen molar-refractivity contribution in [3.05, 3.63) is 53.0 Å². The minimum Gasteiger partial charge on any atom is -0.227 e. The van der Waals surface area contributed by atoms with Crippen LogP contribution >= 0.6 is 24.6 Å². The summed E-state index contributed by atoms with van der Waals surface area (Å²) in [5, 5.41) is 2.19. The SMILES string of the molecule is CC(C)C.CCC1C=CSC(c2ccc(/C=N/S)cc2)=C1. The molecule has 21 heavy (non-hydrogen) atoms. The number of hydrogen-bond acceptors (Lipinski definition) is 3. The Kier molecular flexibility index (Phi) is 8.55. The second-order valence-electron chi connectivity index (χ2n) is 5.65. The van der Waals surface area contributed by atoms with E-state index in [9.17, 15) is 0 Å². The van der Waals surface area contributed by atoms with E-state index >= 15 is 0 Å². The third-order valence-corrected chi connectivity index (χ3v) is 3.79. The van der Waals surface area contributed by atoms with Gasteiger partial charge in [0, 0.05) is 11.1 Å². The Morgan fingerprint density at radius 1 is 1.24 bits per heavy atom. The van der Waals surface area contributed by atoms with Crippen molar-refractivity contribution in [3.8, 4) is 0 Å². The largest absolute Gasteiger partial charge is 0.227 e. The summed E-state index contributed by atoms with van der Waals surface area (Å²) >= 11 is 5.62. The zero-order chi connectivity index (χ0) is 15.7. The fraction of sp³-hybridized carbons (Fsp3) is 0.389. The van der Waals surface area contributed by atoms with Crippen molar-refractivity contribution in [1.29, 1.82) is 0 Å². The van der Waals surface area contributed by atoms with Gasteiger partial charge in [-0.2, -0.15) is 0 Å². The number of thioether (sulfide) groups is 1. The standard InChI is InChI=1S/C14H15NS2.C4H10/c1-2-11-7-8-17-14(9-11)13-5-3-12(4-6-13)10-15-16;1-4(2)3/h3-11,16H,2H2,1H3;4H,1-3H3/b15-10+;. The van der Waals surface area contributed by atoms with Gasteiger partial charge in [0.25, 0.3) is 0 Å². The van der Waals surface area contributed by atoms with Crippen LogP contribution in [0.25, 0.3) is 4.91 Å². The summed E-state index contributed by atoms with van der Waals surface area (Å²) in [6, 6.07) is 8.40. The van der Waals surface area contributed by atoms with Crippen molar-refractivity contribution < 1.29 is 0 Å². The molecule has 0 saturated carbocycles.